The van der Waals surface area contributed by atoms with Crippen LogP contribution in [-0.4, -0.2) is 61.7 Å². The molecule has 0 aliphatic carbocycles. The van der Waals surface area contributed by atoms with Crippen molar-refractivity contribution >= 4 is 12.0 Å². The average Bonchev–Trinajstić information content (AvgIpc) is 3.12. The summed E-state index contributed by atoms with van der Waals surface area (Å²) < 4.78 is 18.2. The second-order valence-corrected chi connectivity index (χ2v) is 11.1. The smallest absolute Gasteiger partial charge is 0.436 e. The van der Waals surface area contributed by atoms with Crippen molar-refractivity contribution in [3.8, 4) is 11.8 Å². The molecule has 1 saturated heterocycles. The van der Waals surface area contributed by atoms with E-state index in [1.165, 1.54) is 6.07 Å². The maximum Gasteiger partial charge on any atom is 0.436 e. The molecule has 5 rings (SSSR count). The van der Waals surface area contributed by atoms with Gasteiger partial charge >= 0.3 is 6.09 Å². The Morgan fingerprint density at radius 1 is 0.957 bits per heavy atom. The van der Waals surface area contributed by atoms with Crippen molar-refractivity contribution < 1.29 is 23.8 Å². The van der Waals surface area contributed by atoms with Crippen LogP contribution in [-0.2, 0) is 20.7 Å². The lowest BCUT2D eigenvalue weighted by Crippen LogP contribution is -2.58. The molecule has 47 heavy (non-hydrogen) atoms. The quantitative estimate of drug-likeness (QED) is 0.253. The summed E-state index contributed by atoms with van der Waals surface area (Å²) in [5, 5.41) is 13.1. The minimum absolute atomic E-state index is 0.229. The highest BCUT2D eigenvalue weighted by Crippen LogP contribution is 2.28. The van der Waals surface area contributed by atoms with Crippen molar-refractivity contribution in [2.45, 2.75) is 37.0 Å². The van der Waals surface area contributed by atoms with Crippen LogP contribution >= 0.6 is 0 Å². The number of nitrogens with one attached hydrogen (secondary N) is 1. The van der Waals surface area contributed by atoms with Crippen molar-refractivity contribution in [3.63, 3.8) is 0 Å². The minimum Gasteiger partial charge on any atom is -0.491 e. The normalized spacial score (nSPS) is 16.6. The Morgan fingerprint density at radius 2 is 1.60 bits per heavy atom. The van der Waals surface area contributed by atoms with Crippen LogP contribution in [0.5, 0.6) is 5.75 Å². The summed E-state index contributed by atoms with van der Waals surface area (Å²) in [7, 11) is 1.15. The van der Waals surface area contributed by atoms with Crippen LogP contribution in [0.15, 0.2) is 108 Å². The molecule has 1 aliphatic heterocycles. The van der Waals surface area contributed by atoms with E-state index in [4.69, 9.17) is 25.2 Å². The number of aromatic nitrogens is 1. The topological polar surface area (TPSA) is 149 Å². The maximum absolute atomic E-state index is 14.2. The van der Waals surface area contributed by atoms with Gasteiger partial charge in [-0.3, -0.25) is 9.59 Å². The number of methoxy groups -OCH3 is 1. The molecule has 0 bridgehead atoms. The third-order valence-electron chi connectivity index (χ3n) is 8.00. The van der Waals surface area contributed by atoms with Crippen molar-refractivity contribution in [1.82, 2.24) is 9.99 Å². The third kappa shape index (κ3) is 8.12. The number of hydrogen-bond acceptors (Lipinski definition) is 9. The second kappa shape index (κ2) is 15.8. The average molecular weight is 636 g/mol. The number of carbonyl (C=O) groups excluding carboxylic acids is 2. The number of morpholine rings is 1. The van der Waals surface area contributed by atoms with Gasteiger partial charge in [0.2, 0.25) is 0 Å². The lowest BCUT2D eigenvalue weighted by atomic mass is 9.85. The zero-order valence-electron chi connectivity index (χ0n) is 26.0. The zero-order valence-corrected chi connectivity index (χ0v) is 26.0. The lowest BCUT2D eigenvalue weighted by molar-refractivity contribution is -0.121. The third-order valence-corrected chi connectivity index (χ3v) is 8.00. The predicted molar refractivity (Wildman–Crippen MR) is 176 cm³/mol. The molecule has 3 N–H and O–H groups in total. The number of nitriles is 1. The first kappa shape index (κ1) is 33.1. The Morgan fingerprint density at radius 3 is 2.21 bits per heavy atom. The van der Waals surface area contributed by atoms with Gasteiger partial charge in [-0.25, -0.2) is 9.47 Å². The molecular formula is C36H37N5O6. The van der Waals surface area contributed by atoms with Gasteiger partial charge in [-0.15, -0.1) is 5.01 Å². The first-order chi connectivity index (χ1) is 22.9. The van der Waals surface area contributed by atoms with Crippen LogP contribution in [0.3, 0.4) is 0 Å². The van der Waals surface area contributed by atoms with E-state index >= 15 is 0 Å². The van der Waals surface area contributed by atoms with Gasteiger partial charge in [-0.05, 0) is 54.3 Å². The number of hydrogen-bond donors (Lipinski definition) is 2. The molecule has 2 amide bonds. The van der Waals surface area contributed by atoms with Gasteiger partial charge in [-0.1, -0.05) is 66.7 Å². The van der Waals surface area contributed by atoms with Crippen molar-refractivity contribution in [3.05, 3.63) is 136 Å². The lowest BCUT2D eigenvalue weighted by Gasteiger charge is -2.32. The second-order valence-electron chi connectivity index (χ2n) is 11.1. The number of imide groups is 1. The van der Waals surface area contributed by atoms with Gasteiger partial charge in [0.15, 0.2) is 0 Å². The molecule has 3 aromatic carbocycles. The Labute approximate surface area is 273 Å². The summed E-state index contributed by atoms with van der Waals surface area (Å²) in [5.41, 5.74) is 8.63. The summed E-state index contributed by atoms with van der Waals surface area (Å²) in [6, 6.07) is 30.9. The summed E-state index contributed by atoms with van der Waals surface area (Å²) in [6.07, 6.45) is -0.706. The molecule has 0 spiro atoms. The molecule has 1 fully saturated rings. The largest absolute Gasteiger partial charge is 0.491 e. The Bertz CT molecular complexity index is 1700. The number of aryl methyl sites for hydroxylation is 1. The molecule has 4 aromatic rings. The Kier molecular flexibility index (Phi) is 11.1. The van der Waals surface area contributed by atoms with Crippen LogP contribution in [0.1, 0.15) is 34.7 Å². The molecule has 1 aliphatic rings. The monoisotopic (exact) mass is 635 g/mol. The fourth-order valence-electron chi connectivity index (χ4n) is 5.67. The van der Waals surface area contributed by atoms with E-state index in [0.29, 0.717) is 54.6 Å². The van der Waals surface area contributed by atoms with E-state index in [1.807, 2.05) is 60.7 Å². The van der Waals surface area contributed by atoms with Crippen LogP contribution in [0.2, 0.25) is 0 Å². The number of nitrogens with two attached hydrogens (primary N) is 1. The Hall–Kier alpha value is -5.28. The van der Waals surface area contributed by atoms with Gasteiger partial charge in [0.1, 0.15) is 18.5 Å². The highest BCUT2D eigenvalue weighted by Gasteiger charge is 2.37. The van der Waals surface area contributed by atoms with Gasteiger partial charge in [0, 0.05) is 30.8 Å². The number of nitrogens with zero attached hydrogens (tertiary/aromatic N) is 3. The molecule has 11 nitrogen and oxygen atoms in total. The van der Waals surface area contributed by atoms with Gasteiger partial charge in [-0.2, -0.15) is 5.26 Å². The first-order valence-corrected chi connectivity index (χ1v) is 15.4. The maximum atomic E-state index is 14.2. The minimum atomic E-state index is -1.23. The van der Waals surface area contributed by atoms with E-state index in [1.54, 1.807) is 36.4 Å². The summed E-state index contributed by atoms with van der Waals surface area (Å²) >= 11 is 0. The molecular weight excluding hydrogens is 598 g/mol. The van der Waals surface area contributed by atoms with Crippen LogP contribution < -0.4 is 26.4 Å². The summed E-state index contributed by atoms with van der Waals surface area (Å²) in [6.45, 7) is 1.47. The van der Waals surface area contributed by atoms with Crippen LogP contribution in [0.4, 0.5) is 4.79 Å². The SMILES string of the molecule is COC(=O)N(C(=O)[C@@H](N)C(c1ccccc1)c1ccccc1)n1c(CC[C@@H]2CNC[C@@H](COc3ccc(C#N)cc3)O2)cccc1=O. The van der Waals surface area contributed by atoms with E-state index in [0.717, 1.165) is 22.9 Å². The highest BCUT2D eigenvalue weighted by atomic mass is 16.6. The first-order valence-electron chi connectivity index (χ1n) is 15.4. The number of benzene rings is 3. The fraction of sp³-hybridized carbons (Fsp3) is 0.278. The molecule has 11 heteroatoms. The molecule has 0 saturated carbocycles. The van der Waals surface area contributed by atoms with Crippen LogP contribution in [0.25, 0.3) is 0 Å². The van der Waals surface area contributed by atoms with Crippen molar-refractivity contribution in [2.24, 2.45) is 5.73 Å². The standard InChI is InChI=1S/C36H37N5O6/c1-45-36(44)41(35(43)34(38)33(26-9-4-2-5-10-26)27-11-6-3-7-12-27)40-28(13-8-14-32(40)42)17-20-30-22-39-23-31(47-30)24-46-29-18-15-25(21-37)16-19-29/h2-16,18-19,30-31,33-34,39H,17,20,22-24,38H2,1H3/t30-,31+,34+/m1/s1. The van der Waals surface area contributed by atoms with Gasteiger partial charge < -0.3 is 25.3 Å². The number of pyridine rings is 1. The number of carbonyl (C=O) groups is 2. The van der Waals surface area contributed by atoms with E-state index in [-0.39, 0.29) is 12.2 Å². The fourth-order valence-corrected chi connectivity index (χ4v) is 5.67. The zero-order chi connectivity index (χ0) is 33.2. The van der Waals surface area contributed by atoms with E-state index < -0.39 is 29.5 Å². The molecule has 2 heterocycles. The van der Waals surface area contributed by atoms with E-state index in [2.05, 4.69) is 11.4 Å². The number of ether oxygens (including phenoxy) is 3. The summed E-state index contributed by atoms with van der Waals surface area (Å²) in [5.74, 6) is -0.764. The predicted octanol–water partition coefficient (Wildman–Crippen LogP) is 3.48. The van der Waals surface area contributed by atoms with Crippen LogP contribution in [0, 0.1) is 11.3 Å². The number of rotatable bonds is 11. The van der Waals surface area contributed by atoms with E-state index in [9.17, 15) is 14.4 Å². The molecule has 1 aromatic heterocycles. The summed E-state index contributed by atoms with van der Waals surface area (Å²) in [4.78, 5) is 40.8. The Balaban J connectivity index is 1.34. The molecule has 242 valence electrons. The van der Waals surface area contributed by atoms with Gasteiger partial charge in [0.25, 0.3) is 11.5 Å². The van der Waals surface area contributed by atoms with Crippen molar-refractivity contribution in [2.75, 3.05) is 31.8 Å². The molecule has 0 radical (unpaired) electrons. The number of amides is 2. The van der Waals surface area contributed by atoms with Crippen molar-refractivity contribution in [1.29, 1.82) is 5.26 Å². The highest BCUT2D eigenvalue weighted by molar-refractivity contribution is 6.08. The molecule has 0 unspecified atom stereocenters. The van der Waals surface area contributed by atoms with Gasteiger partial charge in [0.05, 0.1) is 30.9 Å². The molecule has 3 atom stereocenters.